The molecule has 0 saturated carbocycles. The summed E-state index contributed by atoms with van der Waals surface area (Å²) in [7, 11) is 2.75. The van der Waals surface area contributed by atoms with Crippen molar-refractivity contribution in [3.05, 3.63) is 103 Å². The molecular formula is C22H19FeP-6. The first-order valence-electron chi connectivity index (χ1n) is 7.68. The van der Waals surface area contributed by atoms with Crippen molar-refractivity contribution in [2.45, 2.75) is 0 Å². The molecule has 0 fully saturated rings. The fourth-order valence-electron chi connectivity index (χ4n) is 2.51. The fourth-order valence-corrected chi connectivity index (χ4v) is 2.89. The SMILES string of the molecule is P[c-]1cccc1-c1ccccc1.[Fe].c1ccc(-[c-]2[cH-][cH-][cH-][cH-]2)cc1. The summed E-state index contributed by atoms with van der Waals surface area (Å²) in [6.45, 7) is 0. The van der Waals surface area contributed by atoms with E-state index in [0.29, 0.717) is 0 Å². The van der Waals surface area contributed by atoms with E-state index < -0.39 is 0 Å². The van der Waals surface area contributed by atoms with E-state index in [9.17, 15) is 0 Å². The molecule has 0 saturated heterocycles. The van der Waals surface area contributed by atoms with Gasteiger partial charge >= 0.3 is 0 Å². The molecule has 4 rings (SSSR count). The summed E-state index contributed by atoms with van der Waals surface area (Å²) >= 11 is 0. The molecular weight excluding hydrogens is 351 g/mol. The third kappa shape index (κ3) is 4.79. The summed E-state index contributed by atoms with van der Waals surface area (Å²) in [5, 5.41) is 1.27. The normalized spacial score (nSPS) is 9.54. The molecule has 2 heteroatoms. The van der Waals surface area contributed by atoms with Crippen LogP contribution in [-0.4, -0.2) is 0 Å². The van der Waals surface area contributed by atoms with Gasteiger partial charge in [-0.25, -0.2) is 0 Å². The van der Waals surface area contributed by atoms with E-state index in [-0.39, 0.29) is 17.1 Å². The van der Waals surface area contributed by atoms with Crippen molar-refractivity contribution < 1.29 is 17.1 Å². The molecule has 4 aromatic carbocycles. The molecule has 0 spiro atoms. The molecule has 0 aromatic heterocycles. The van der Waals surface area contributed by atoms with E-state index in [0.717, 1.165) is 0 Å². The van der Waals surface area contributed by atoms with Gasteiger partial charge in [0.15, 0.2) is 0 Å². The van der Waals surface area contributed by atoms with E-state index in [1.165, 1.54) is 27.6 Å². The van der Waals surface area contributed by atoms with Gasteiger partial charge in [0, 0.05) is 17.1 Å². The Balaban J connectivity index is 0.000000167. The Bertz CT molecular complexity index is 815. The first kappa shape index (κ1) is 18.4. The molecule has 0 heterocycles. The summed E-state index contributed by atoms with van der Waals surface area (Å²) in [5.74, 6) is 0. The molecule has 4 aromatic rings. The Kier molecular flexibility index (Phi) is 7.22. The first-order valence-corrected chi connectivity index (χ1v) is 8.26. The van der Waals surface area contributed by atoms with Crippen LogP contribution in [0.1, 0.15) is 0 Å². The summed E-state index contributed by atoms with van der Waals surface area (Å²) in [6.07, 6.45) is 0. The van der Waals surface area contributed by atoms with Gasteiger partial charge in [-0.1, -0.05) is 35.9 Å². The van der Waals surface area contributed by atoms with Crippen molar-refractivity contribution in [1.82, 2.24) is 0 Å². The molecule has 0 aliphatic carbocycles. The molecule has 0 nitrogen and oxygen atoms in total. The average Bonchev–Trinajstić information content (AvgIpc) is 3.29. The van der Waals surface area contributed by atoms with Gasteiger partial charge in [0.25, 0.3) is 0 Å². The third-order valence-electron chi connectivity index (χ3n) is 3.70. The van der Waals surface area contributed by atoms with Crippen molar-refractivity contribution in [2.24, 2.45) is 0 Å². The summed E-state index contributed by atoms with van der Waals surface area (Å²) in [5.41, 5.74) is 5.18. The van der Waals surface area contributed by atoms with Gasteiger partial charge in [0.2, 0.25) is 0 Å². The smallest absolute Gasteiger partial charge is 0 e. The molecule has 24 heavy (non-hydrogen) atoms. The number of hydrogen-bond acceptors (Lipinski definition) is 0. The van der Waals surface area contributed by atoms with Crippen LogP contribution in [0.2, 0.25) is 0 Å². The topological polar surface area (TPSA) is 0 Å². The van der Waals surface area contributed by atoms with Crippen LogP contribution in [0.3, 0.4) is 0 Å². The van der Waals surface area contributed by atoms with E-state index in [2.05, 4.69) is 100 Å². The molecule has 1 atom stereocenters. The minimum absolute atomic E-state index is 0. The predicted molar refractivity (Wildman–Crippen MR) is 104 cm³/mol. The second kappa shape index (κ2) is 9.40. The molecule has 0 radical (unpaired) electrons. The van der Waals surface area contributed by atoms with Gasteiger partial charge in [0.1, 0.15) is 0 Å². The average molecular weight is 370 g/mol. The van der Waals surface area contributed by atoms with E-state index in [1.54, 1.807) is 0 Å². The largest absolute Gasteiger partial charge is 0.642 e. The molecule has 1 unspecified atom stereocenters. The quantitative estimate of drug-likeness (QED) is 0.243. The predicted octanol–water partition coefficient (Wildman–Crippen LogP) is 5.64. The Hall–Kier alpha value is -1.91. The maximum atomic E-state index is 2.75. The fraction of sp³-hybridized carbons (Fsp3) is 0. The van der Waals surface area contributed by atoms with Crippen molar-refractivity contribution >= 4 is 14.5 Å². The van der Waals surface area contributed by atoms with Crippen molar-refractivity contribution in [3.8, 4) is 22.3 Å². The number of benzene rings is 2. The number of hydrogen-bond donors (Lipinski definition) is 0. The Morgan fingerprint density at radius 3 is 1.83 bits per heavy atom. The maximum absolute atomic E-state index is 2.75. The van der Waals surface area contributed by atoms with Crippen LogP contribution in [0.4, 0.5) is 0 Å². The van der Waals surface area contributed by atoms with Crippen LogP contribution in [0.5, 0.6) is 0 Å². The summed E-state index contributed by atoms with van der Waals surface area (Å²) < 4.78 is 0. The Morgan fingerprint density at radius 2 is 1.29 bits per heavy atom. The molecule has 0 bridgehead atoms. The Morgan fingerprint density at radius 1 is 0.708 bits per heavy atom. The zero-order chi connectivity index (χ0) is 15.9. The van der Waals surface area contributed by atoms with E-state index in [1.807, 2.05) is 12.1 Å². The van der Waals surface area contributed by atoms with Crippen LogP contribution in [0, 0.1) is 0 Å². The number of rotatable bonds is 2. The van der Waals surface area contributed by atoms with Crippen molar-refractivity contribution in [1.29, 1.82) is 0 Å². The molecule has 0 aliphatic heterocycles. The van der Waals surface area contributed by atoms with Crippen LogP contribution < -0.4 is 5.30 Å². The Labute approximate surface area is 157 Å². The van der Waals surface area contributed by atoms with Gasteiger partial charge < -0.3 is 47.5 Å². The summed E-state index contributed by atoms with van der Waals surface area (Å²) in [6, 6.07) is 35.5. The third-order valence-corrected chi connectivity index (χ3v) is 4.21. The minimum Gasteiger partial charge on any atom is -0.642 e. The molecule has 0 N–H and O–H groups in total. The van der Waals surface area contributed by atoms with E-state index >= 15 is 0 Å². The zero-order valence-electron chi connectivity index (χ0n) is 13.2. The summed E-state index contributed by atoms with van der Waals surface area (Å²) in [4.78, 5) is 0. The van der Waals surface area contributed by atoms with E-state index in [4.69, 9.17) is 0 Å². The van der Waals surface area contributed by atoms with Gasteiger partial charge in [-0.2, -0.15) is 33.5 Å². The second-order valence-corrected chi connectivity index (χ2v) is 5.92. The van der Waals surface area contributed by atoms with Crippen LogP contribution >= 0.6 is 9.24 Å². The first-order chi connectivity index (χ1) is 11.3. The van der Waals surface area contributed by atoms with Crippen molar-refractivity contribution in [3.63, 3.8) is 0 Å². The molecule has 0 aliphatic rings. The van der Waals surface area contributed by atoms with Gasteiger partial charge in [-0.05, 0) is 0 Å². The van der Waals surface area contributed by atoms with Gasteiger partial charge in [-0.3, -0.25) is 0 Å². The standard InChI is InChI=1S/C11H10P.C11H9.Fe/c12-11-8-4-7-10(11)9-5-2-1-3-6-9;1-2-6-10(7-3-1)11-8-4-5-9-11;/h1-8H,12H2;1-9H;/q-1;-5;. The maximum Gasteiger partial charge on any atom is 0 e. The van der Waals surface area contributed by atoms with Gasteiger partial charge in [0.05, 0.1) is 0 Å². The minimum atomic E-state index is 0. The van der Waals surface area contributed by atoms with Crippen LogP contribution in [0.25, 0.3) is 22.3 Å². The molecule has 126 valence electrons. The second-order valence-electron chi connectivity index (χ2n) is 5.30. The van der Waals surface area contributed by atoms with Crippen molar-refractivity contribution in [2.75, 3.05) is 0 Å². The van der Waals surface area contributed by atoms with Crippen LogP contribution in [-0.2, 0) is 17.1 Å². The van der Waals surface area contributed by atoms with Crippen LogP contribution in [0.15, 0.2) is 103 Å². The zero-order valence-corrected chi connectivity index (χ0v) is 15.5. The molecule has 0 amide bonds. The monoisotopic (exact) mass is 370 g/mol. The van der Waals surface area contributed by atoms with Gasteiger partial charge in [-0.15, -0.1) is 23.0 Å².